The van der Waals surface area contributed by atoms with E-state index in [0.29, 0.717) is 44.0 Å². The number of fused-ring (bicyclic) bond motifs is 2. The Morgan fingerprint density at radius 1 is 0.867 bits per heavy atom. The first-order valence-electron chi connectivity index (χ1n) is 15.4. The quantitative estimate of drug-likeness (QED) is 0.0897. The van der Waals surface area contributed by atoms with Crippen molar-refractivity contribution >= 4 is 52.6 Å². The van der Waals surface area contributed by atoms with Gasteiger partial charge in [0.25, 0.3) is 0 Å². The number of hydrogen-bond acceptors (Lipinski definition) is 8. The number of nitrogens with one attached hydrogen (secondary N) is 2. The van der Waals surface area contributed by atoms with Gasteiger partial charge in [0.05, 0.1) is 18.8 Å². The molecule has 12 heteroatoms. The van der Waals surface area contributed by atoms with Crippen molar-refractivity contribution in [3.8, 4) is 11.8 Å². The summed E-state index contributed by atoms with van der Waals surface area (Å²) in [5.74, 6) is 7.48. The Kier molecular flexibility index (Phi) is 16.1. The van der Waals surface area contributed by atoms with Gasteiger partial charge in [-0.25, -0.2) is 0 Å². The summed E-state index contributed by atoms with van der Waals surface area (Å²) < 4.78 is 16.6. The number of hydrogen-bond donors (Lipinski definition) is 2. The Hall–Kier alpha value is -2.74. The van der Waals surface area contributed by atoms with Crippen molar-refractivity contribution in [3.05, 3.63) is 65.2 Å². The van der Waals surface area contributed by atoms with Gasteiger partial charge in [-0.3, -0.25) is 14.4 Å². The van der Waals surface area contributed by atoms with E-state index in [1.807, 2.05) is 48.5 Å². The molecule has 1 unspecified atom stereocenters. The van der Waals surface area contributed by atoms with Crippen LogP contribution >= 0.6 is 29.2 Å². The first-order chi connectivity index (χ1) is 21.7. The molecule has 3 rings (SSSR count). The summed E-state index contributed by atoms with van der Waals surface area (Å²) in [7, 11) is -0.552. The number of carbonyl (C=O) groups excluding carboxylic acids is 3. The van der Waals surface area contributed by atoms with Crippen molar-refractivity contribution in [1.82, 2.24) is 10.6 Å². The first kappa shape index (κ1) is 36.7. The van der Waals surface area contributed by atoms with E-state index in [0.717, 1.165) is 41.6 Å². The highest BCUT2D eigenvalue weighted by Crippen LogP contribution is 2.42. The topological polar surface area (TPSA) is 128 Å². The molecule has 9 nitrogen and oxygen atoms in total. The summed E-state index contributed by atoms with van der Waals surface area (Å²) in [5, 5.41) is 5.79. The van der Waals surface area contributed by atoms with E-state index in [9.17, 15) is 23.8 Å². The monoisotopic (exact) mass is 672 g/mol. The molecule has 2 N–H and O–H groups in total. The molecule has 0 aromatic heterocycles. The molecule has 2 aromatic rings. The van der Waals surface area contributed by atoms with Gasteiger partial charge in [-0.05, 0) is 36.6 Å². The highest BCUT2D eigenvalue weighted by molar-refractivity contribution is 8.76. The summed E-state index contributed by atoms with van der Waals surface area (Å²) in [5.41, 5.74) is 2.91. The first-order valence-corrected chi connectivity index (χ1v) is 19.5. The zero-order valence-electron chi connectivity index (χ0n) is 26.0. The molecule has 0 radical (unpaired) electrons. The molecule has 0 saturated heterocycles. The molecule has 0 aliphatic carbocycles. The average molecular weight is 673 g/mol. The molecule has 1 aliphatic rings. The standard InChI is InChI=1S/C33H44N3O6PS2/c1-26(2)43(40,41)42-22-10-4-3-9-20-34-32(38)19-23-44-45-24-21-35-31(37)17-18-33(39)36-25-29-13-6-5-11-27(29)15-16-28-12-7-8-14-30(28)36/h5-8,11-14,26H,3-4,9-10,17-25H2,1-2H3,(H,34,38)(H,35,37)(H,40,41)/p-1. The van der Waals surface area contributed by atoms with Crippen LogP contribution in [0.25, 0.3) is 0 Å². The van der Waals surface area contributed by atoms with Crippen LogP contribution in [0.2, 0.25) is 0 Å². The van der Waals surface area contributed by atoms with Gasteiger partial charge < -0.3 is 29.5 Å². The van der Waals surface area contributed by atoms with Crippen LogP contribution in [-0.4, -0.2) is 54.6 Å². The number of para-hydroxylation sites is 1. The van der Waals surface area contributed by atoms with Crippen molar-refractivity contribution < 1.29 is 28.4 Å². The maximum atomic E-state index is 13.3. The number of benzene rings is 2. The molecular weight excluding hydrogens is 629 g/mol. The van der Waals surface area contributed by atoms with E-state index in [1.54, 1.807) is 40.3 Å². The van der Waals surface area contributed by atoms with Crippen molar-refractivity contribution in [2.24, 2.45) is 0 Å². The van der Waals surface area contributed by atoms with Crippen LogP contribution in [0.5, 0.6) is 0 Å². The molecule has 1 atom stereocenters. The van der Waals surface area contributed by atoms with E-state index in [4.69, 9.17) is 4.52 Å². The van der Waals surface area contributed by atoms with E-state index in [2.05, 4.69) is 22.5 Å². The molecule has 2 aromatic carbocycles. The van der Waals surface area contributed by atoms with Gasteiger partial charge in [-0.15, -0.1) is 0 Å². The van der Waals surface area contributed by atoms with E-state index >= 15 is 0 Å². The third-order valence-electron chi connectivity index (χ3n) is 7.04. The molecule has 0 spiro atoms. The zero-order valence-corrected chi connectivity index (χ0v) is 28.6. The molecule has 1 heterocycles. The number of unbranched alkanes of at least 4 members (excludes halogenated alkanes) is 3. The molecule has 45 heavy (non-hydrogen) atoms. The Morgan fingerprint density at radius 2 is 1.51 bits per heavy atom. The highest BCUT2D eigenvalue weighted by atomic mass is 33.1. The lowest BCUT2D eigenvalue weighted by Crippen LogP contribution is -2.33. The maximum Gasteiger partial charge on any atom is 0.227 e. The summed E-state index contributed by atoms with van der Waals surface area (Å²) in [4.78, 5) is 51.1. The molecule has 0 fully saturated rings. The largest absolute Gasteiger partial charge is 0.778 e. The minimum absolute atomic E-state index is 0.00631. The predicted molar refractivity (Wildman–Crippen MR) is 182 cm³/mol. The number of nitrogens with zero attached hydrogens (tertiary/aromatic N) is 1. The van der Waals surface area contributed by atoms with Crippen molar-refractivity contribution in [3.63, 3.8) is 0 Å². The van der Waals surface area contributed by atoms with Crippen molar-refractivity contribution in [2.75, 3.05) is 36.1 Å². The Morgan fingerprint density at radius 3 is 2.31 bits per heavy atom. The van der Waals surface area contributed by atoms with Crippen LogP contribution in [0, 0.1) is 11.8 Å². The van der Waals surface area contributed by atoms with Crippen LogP contribution in [0.4, 0.5) is 5.69 Å². The van der Waals surface area contributed by atoms with Crippen LogP contribution < -0.4 is 20.4 Å². The van der Waals surface area contributed by atoms with Gasteiger partial charge in [0.15, 0.2) is 0 Å². The van der Waals surface area contributed by atoms with Crippen LogP contribution in [0.15, 0.2) is 48.5 Å². The highest BCUT2D eigenvalue weighted by Gasteiger charge is 2.21. The Balaban J connectivity index is 1.22. The minimum Gasteiger partial charge on any atom is -0.778 e. The normalized spacial score (nSPS) is 13.4. The van der Waals surface area contributed by atoms with Crippen LogP contribution in [0.3, 0.4) is 0 Å². The Labute approximate surface area is 275 Å². The van der Waals surface area contributed by atoms with Crippen LogP contribution in [0.1, 0.15) is 75.5 Å². The number of carbonyl (C=O) groups is 3. The summed E-state index contributed by atoms with van der Waals surface area (Å²) in [6.07, 6.45) is 3.90. The number of amides is 3. The second kappa shape index (κ2) is 19.7. The maximum absolute atomic E-state index is 13.3. The van der Waals surface area contributed by atoms with Crippen molar-refractivity contribution in [2.45, 2.75) is 71.0 Å². The lowest BCUT2D eigenvalue weighted by Gasteiger charge is -2.26. The summed E-state index contributed by atoms with van der Waals surface area (Å²) in [6.45, 7) is 4.91. The van der Waals surface area contributed by atoms with Crippen molar-refractivity contribution in [1.29, 1.82) is 0 Å². The molecular formula is C33H43N3O6PS2-. The second-order valence-corrected chi connectivity index (χ2v) is 16.0. The third-order valence-corrected chi connectivity index (χ3v) is 11.3. The third kappa shape index (κ3) is 13.3. The van der Waals surface area contributed by atoms with Gasteiger partial charge >= 0.3 is 0 Å². The SMILES string of the molecule is CC(C)P(=O)([O-])OCCCCCCNC(=O)CCSSCCNC(=O)CCC(=O)N1Cc2ccccc2C#Cc2ccccc21. The molecule has 1 aliphatic heterocycles. The fourth-order valence-electron chi connectivity index (χ4n) is 4.37. The van der Waals surface area contributed by atoms with Crippen LogP contribution in [-0.2, 0) is 30.0 Å². The number of anilines is 1. The predicted octanol–water partition coefficient (Wildman–Crippen LogP) is 5.26. The minimum atomic E-state index is -3.74. The zero-order chi connectivity index (χ0) is 32.5. The lowest BCUT2D eigenvalue weighted by molar-refractivity contribution is -0.200. The van der Waals surface area contributed by atoms with E-state index in [-0.39, 0.29) is 37.2 Å². The van der Waals surface area contributed by atoms with E-state index in [1.165, 1.54) is 0 Å². The summed E-state index contributed by atoms with van der Waals surface area (Å²) >= 11 is 0. The smallest absolute Gasteiger partial charge is 0.227 e. The fraction of sp³-hybridized carbons (Fsp3) is 0.485. The second-order valence-electron chi connectivity index (χ2n) is 10.9. The molecule has 3 amide bonds. The van der Waals surface area contributed by atoms with Gasteiger partial charge in [-0.1, -0.05) is 90.4 Å². The fourth-order valence-corrected chi connectivity index (χ4v) is 6.95. The molecule has 244 valence electrons. The average Bonchev–Trinajstić information content (AvgIpc) is 3.01. The van der Waals surface area contributed by atoms with Gasteiger partial charge in [0.2, 0.25) is 17.7 Å². The van der Waals surface area contributed by atoms with Gasteiger partial charge in [0, 0.05) is 60.6 Å². The molecule has 0 bridgehead atoms. The van der Waals surface area contributed by atoms with Gasteiger partial charge in [0.1, 0.15) is 7.60 Å². The lowest BCUT2D eigenvalue weighted by atomic mass is 10.0. The summed E-state index contributed by atoms with van der Waals surface area (Å²) in [6, 6.07) is 15.4. The number of rotatable bonds is 19. The van der Waals surface area contributed by atoms with Gasteiger partial charge in [-0.2, -0.15) is 0 Å². The van der Waals surface area contributed by atoms with E-state index < -0.39 is 13.3 Å². The Bertz CT molecular complexity index is 1390. The molecule has 0 saturated carbocycles.